The summed E-state index contributed by atoms with van der Waals surface area (Å²) in [5, 5.41) is 2.96. The Hall–Kier alpha value is -3.42. The number of aryl methyl sites for hydroxylation is 2. The Bertz CT molecular complexity index is 1150. The van der Waals surface area contributed by atoms with Crippen molar-refractivity contribution in [2.75, 3.05) is 13.7 Å². The minimum Gasteiger partial charge on any atom is -0.495 e. The first-order chi connectivity index (χ1) is 14.0. The van der Waals surface area contributed by atoms with Gasteiger partial charge in [-0.1, -0.05) is 37.3 Å². The lowest BCUT2D eigenvalue weighted by Crippen LogP contribution is -2.43. The largest absolute Gasteiger partial charge is 0.495 e. The zero-order valence-corrected chi connectivity index (χ0v) is 16.8. The van der Waals surface area contributed by atoms with Gasteiger partial charge >= 0.3 is 5.69 Å². The average Bonchev–Trinajstić information content (AvgIpc) is 2.74. The SMILES string of the molecule is CCc1cnc2c(c1OC)c(=O)n(CC(=O)NCCc1ccccc1)c(=O)n2C. The maximum Gasteiger partial charge on any atom is 0.332 e. The Balaban J connectivity index is 1.90. The van der Waals surface area contributed by atoms with Crippen LogP contribution in [0.3, 0.4) is 0 Å². The van der Waals surface area contributed by atoms with Crippen LogP contribution >= 0.6 is 0 Å². The second-order valence-electron chi connectivity index (χ2n) is 6.69. The fourth-order valence-corrected chi connectivity index (χ4v) is 3.28. The molecule has 152 valence electrons. The summed E-state index contributed by atoms with van der Waals surface area (Å²) in [6, 6.07) is 9.74. The van der Waals surface area contributed by atoms with Crippen molar-refractivity contribution >= 4 is 16.9 Å². The summed E-state index contributed by atoms with van der Waals surface area (Å²) in [5.41, 5.74) is 0.902. The third-order valence-corrected chi connectivity index (χ3v) is 4.84. The number of nitrogens with one attached hydrogen (secondary N) is 1. The van der Waals surface area contributed by atoms with Crippen molar-refractivity contribution in [3.8, 4) is 5.75 Å². The Morgan fingerprint density at radius 3 is 2.59 bits per heavy atom. The summed E-state index contributed by atoms with van der Waals surface area (Å²) >= 11 is 0. The second kappa shape index (κ2) is 8.72. The molecule has 0 bridgehead atoms. The lowest BCUT2D eigenvalue weighted by Gasteiger charge is -2.14. The van der Waals surface area contributed by atoms with E-state index >= 15 is 0 Å². The minimum atomic E-state index is -0.598. The molecule has 0 fully saturated rings. The molecule has 3 rings (SSSR count). The molecule has 1 N–H and O–H groups in total. The van der Waals surface area contributed by atoms with Gasteiger partial charge in [0.25, 0.3) is 5.56 Å². The summed E-state index contributed by atoms with van der Waals surface area (Å²) in [6.45, 7) is 1.97. The van der Waals surface area contributed by atoms with E-state index in [9.17, 15) is 14.4 Å². The van der Waals surface area contributed by atoms with Crippen molar-refractivity contribution in [1.29, 1.82) is 0 Å². The van der Waals surface area contributed by atoms with Gasteiger partial charge in [0, 0.05) is 25.4 Å². The Kier molecular flexibility index (Phi) is 6.11. The number of aromatic nitrogens is 3. The van der Waals surface area contributed by atoms with Gasteiger partial charge in [-0.3, -0.25) is 14.2 Å². The van der Waals surface area contributed by atoms with E-state index in [1.54, 1.807) is 6.20 Å². The maximum absolute atomic E-state index is 13.0. The van der Waals surface area contributed by atoms with E-state index in [4.69, 9.17) is 4.74 Å². The summed E-state index contributed by atoms with van der Waals surface area (Å²) < 4.78 is 7.61. The number of fused-ring (bicyclic) bond motifs is 1. The van der Waals surface area contributed by atoms with Crippen molar-refractivity contribution in [3.05, 3.63) is 68.5 Å². The highest BCUT2D eigenvalue weighted by atomic mass is 16.5. The Morgan fingerprint density at radius 1 is 1.21 bits per heavy atom. The molecular formula is C21H24N4O4. The van der Waals surface area contributed by atoms with Crippen LogP contribution in [0.4, 0.5) is 0 Å². The number of pyridine rings is 1. The summed E-state index contributed by atoms with van der Waals surface area (Å²) in [4.78, 5) is 42.3. The van der Waals surface area contributed by atoms with Gasteiger partial charge in [0.05, 0.1) is 7.11 Å². The first kappa shape index (κ1) is 20.3. The highest BCUT2D eigenvalue weighted by Crippen LogP contribution is 2.24. The van der Waals surface area contributed by atoms with E-state index in [-0.39, 0.29) is 17.6 Å². The molecule has 2 heterocycles. The molecule has 3 aromatic rings. The van der Waals surface area contributed by atoms with E-state index in [0.717, 1.165) is 15.7 Å². The number of carbonyl (C=O) groups is 1. The number of nitrogens with zero attached hydrogens (tertiary/aromatic N) is 3. The number of amides is 1. The molecule has 0 spiro atoms. The van der Waals surface area contributed by atoms with Gasteiger partial charge in [0.2, 0.25) is 5.91 Å². The molecule has 29 heavy (non-hydrogen) atoms. The lowest BCUT2D eigenvalue weighted by atomic mass is 10.1. The van der Waals surface area contributed by atoms with Gasteiger partial charge in [-0.05, 0) is 18.4 Å². The van der Waals surface area contributed by atoms with Crippen LogP contribution in [-0.4, -0.2) is 33.7 Å². The van der Waals surface area contributed by atoms with E-state index in [0.29, 0.717) is 25.1 Å². The second-order valence-corrected chi connectivity index (χ2v) is 6.69. The number of hydrogen-bond donors (Lipinski definition) is 1. The fraction of sp³-hybridized carbons (Fsp3) is 0.333. The third-order valence-electron chi connectivity index (χ3n) is 4.84. The molecule has 0 unspecified atom stereocenters. The fourth-order valence-electron chi connectivity index (χ4n) is 3.28. The molecule has 0 aliphatic carbocycles. The summed E-state index contributed by atoms with van der Waals surface area (Å²) in [7, 11) is 2.99. The van der Waals surface area contributed by atoms with Crippen LogP contribution in [-0.2, 0) is 31.2 Å². The first-order valence-electron chi connectivity index (χ1n) is 9.44. The molecule has 8 heteroatoms. The van der Waals surface area contributed by atoms with Crippen LogP contribution in [0.5, 0.6) is 5.75 Å². The molecule has 0 atom stereocenters. The monoisotopic (exact) mass is 396 g/mol. The number of hydrogen-bond acceptors (Lipinski definition) is 5. The Morgan fingerprint density at radius 2 is 1.93 bits per heavy atom. The molecule has 1 amide bonds. The Labute approximate surface area is 167 Å². The van der Waals surface area contributed by atoms with Crippen molar-refractivity contribution in [2.24, 2.45) is 7.05 Å². The lowest BCUT2D eigenvalue weighted by molar-refractivity contribution is -0.121. The third kappa shape index (κ3) is 4.06. The van der Waals surface area contributed by atoms with Gasteiger partial charge in [0.15, 0.2) is 5.65 Å². The molecule has 0 saturated carbocycles. The molecule has 1 aromatic carbocycles. The van der Waals surface area contributed by atoms with Crippen molar-refractivity contribution < 1.29 is 9.53 Å². The number of carbonyl (C=O) groups excluding carboxylic acids is 1. The van der Waals surface area contributed by atoms with Gasteiger partial charge in [-0.25, -0.2) is 14.3 Å². The minimum absolute atomic E-state index is 0.200. The van der Waals surface area contributed by atoms with E-state index in [1.807, 2.05) is 37.3 Å². The zero-order chi connectivity index (χ0) is 21.0. The quantitative estimate of drug-likeness (QED) is 0.644. The zero-order valence-electron chi connectivity index (χ0n) is 16.8. The smallest absolute Gasteiger partial charge is 0.332 e. The molecule has 0 radical (unpaired) electrons. The van der Waals surface area contributed by atoms with E-state index < -0.39 is 17.2 Å². The summed E-state index contributed by atoms with van der Waals surface area (Å²) in [5.74, 6) is -0.0191. The predicted octanol–water partition coefficient (Wildman–Crippen LogP) is 1.03. The van der Waals surface area contributed by atoms with Gasteiger partial charge < -0.3 is 10.1 Å². The van der Waals surface area contributed by atoms with Crippen LogP contribution in [0.25, 0.3) is 11.0 Å². The van der Waals surface area contributed by atoms with Crippen LogP contribution in [0.2, 0.25) is 0 Å². The number of benzene rings is 1. The van der Waals surface area contributed by atoms with Gasteiger partial charge in [-0.15, -0.1) is 0 Å². The van der Waals surface area contributed by atoms with Crippen molar-refractivity contribution in [2.45, 2.75) is 26.3 Å². The van der Waals surface area contributed by atoms with Crippen molar-refractivity contribution in [3.63, 3.8) is 0 Å². The molecule has 2 aromatic heterocycles. The topological polar surface area (TPSA) is 95.2 Å². The molecule has 0 aliphatic heterocycles. The van der Waals surface area contributed by atoms with Crippen LogP contribution in [0, 0.1) is 0 Å². The predicted molar refractivity (Wildman–Crippen MR) is 110 cm³/mol. The van der Waals surface area contributed by atoms with E-state index in [1.165, 1.54) is 18.7 Å². The van der Waals surface area contributed by atoms with Crippen LogP contribution in [0.1, 0.15) is 18.1 Å². The van der Waals surface area contributed by atoms with Gasteiger partial charge in [-0.2, -0.15) is 0 Å². The normalized spacial score (nSPS) is 10.9. The molecule has 0 saturated heterocycles. The van der Waals surface area contributed by atoms with Crippen molar-refractivity contribution in [1.82, 2.24) is 19.4 Å². The maximum atomic E-state index is 13.0. The van der Waals surface area contributed by atoms with Crippen LogP contribution in [0.15, 0.2) is 46.1 Å². The molecular weight excluding hydrogens is 372 g/mol. The van der Waals surface area contributed by atoms with E-state index in [2.05, 4.69) is 10.3 Å². The summed E-state index contributed by atoms with van der Waals surface area (Å²) in [6.07, 6.45) is 2.88. The highest BCUT2D eigenvalue weighted by Gasteiger charge is 2.19. The standard InChI is InChI=1S/C21H24N4O4/c1-4-15-12-23-19-17(18(15)29-3)20(27)25(21(28)24(19)2)13-16(26)22-11-10-14-8-6-5-7-9-14/h5-9,12H,4,10-11,13H2,1-3H3,(H,22,26). The molecule has 8 nitrogen and oxygen atoms in total. The first-order valence-corrected chi connectivity index (χ1v) is 9.44. The number of ether oxygens (including phenoxy) is 1. The molecule has 0 aliphatic rings. The highest BCUT2D eigenvalue weighted by molar-refractivity contribution is 5.83. The van der Waals surface area contributed by atoms with Crippen LogP contribution < -0.4 is 21.3 Å². The average molecular weight is 396 g/mol. The number of methoxy groups -OCH3 is 1. The van der Waals surface area contributed by atoms with Gasteiger partial charge in [0.1, 0.15) is 17.7 Å². The number of rotatable bonds is 7.